The van der Waals surface area contributed by atoms with Gasteiger partial charge in [0, 0.05) is 28.8 Å². The number of hydrogen-bond acceptors (Lipinski definition) is 3. The van der Waals surface area contributed by atoms with Gasteiger partial charge in [-0.2, -0.15) is 0 Å². The second-order valence-corrected chi connectivity index (χ2v) is 7.20. The Balaban J connectivity index is 1.49. The molecule has 1 amide bonds. The number of carbonyl (C=O) groups excluding carboxylic acids is 1. The molecule has 0 atom stereocenters. The maximum Gasteiger partial charge on any atom is 0.254 e. The van der Waals surface area contributed by atoms with E-state index in [1.165, 1.54) is 0 Å². The van der Waals surface area contributed by atoms with Crippen molar-refractivity contribution in [1.29, 1.82) is 0 Å². The van der Waals surface area contributed by atoms with Gasteiger partial charge in [0.1, 0.15) is 5.82 Å². The van der Waals surface area contributed by atoms with Crippen LogP contribution in [-0.2, 0) is 0 Å². The van der Waals surface area contributed by atoms with E-state index in [1.807, 2.05) is 53.6 Å². The van der Waals surface area contributed by atoms with E-state index in [-0.39, 0.29) is 5.91 Å². The third-order valence-electron chi connectivity index (χ3n) is 4.59. The second kappa shape index (κ2) is 6.51. The van der Waals surface area contributed by atoms with E-state index in [1.54, 1.807) is 0 Å². The number of amides is 1. The molecular formula is C18H17IN4O. The van der Waals surface area contributed by atoms with Crippen LogP contribution >= 0.6 is 22.6 Å². The molecule has 0 radical (unpaired) electrons. The molecule has 1 aliphatic heterocycles. The number of piperidine rings is 1. The van der Waals surface area contributed by atoms with Crippen LogP contribution in [0.1, 0.15) is 34.9 Å². The van der Waals surface area contributed by atoms with Gasteiger partial charge in [0.25, 0.3) is 5.91 Å². The number of aromatic nitrogens is 3. The molecule has 3 heterocycles. The van der Waals surface area contributed by atoms with Crippen LogP contribution in [0.15, 0.2) is 48.7 Å². The molecule has 6 heteroatoms. The smallest absolute Gasteiger partial charge is 0.254 e. The number of rotatable bonds is 2. The van der Waals surface area contributed by atoms with Crippen molar-refractivity contribution in [3.05, 3.63) is 63.6 Å². The van der Waals surface area contributed by atoms with Crippen LogP contribution in [0.5, 0.6) is 0 Å². The number of hydrogen-bond donors (Lipinski definition) is 0. The Labute approximate surface area is 153 Å². The zero-order valence-electron chi connectivity index (χ0n) is 13.1. The van der Waals surface area contributed by atoms with Crippen LogP contribution in [0.3, 0.4) is 0 Å². The van der Waals surface area contributed by atoms with E-state index in [0.29, 0.717) is 5.92 Å². The van der Waals surface area contributed by atoms with Gasteiger partial charge < -0.3 is 4.90 Å². The van der Waals surface area contributed by atoms with Gasteiger partial charge in [0.05, 0.1) is 5.56 Å². The van der Waals surface area contributed by atoms with Crippen molar-refractivity contribution in [1.82, 2.24) is 19.5 Å². The van der Waals surface area contributed by atoms with E-state index in [2.05, 4.69) is 37.2 Å². The Morgan fingerprint density at radius 2 is 1.79 bits per heavy atom. The van der Waals surface area contributed by atoms with Crippen molar-refractivity contribution in [2.75, 3.05) is 13.1 Å². The first-order valence-electron chi connectivity index (χ1n) is 8.07. The largest absolute Gasteiger partial charge is 0.339 e. The fourth-order valence-electron chi connectivity index (χ4n) is 3.28. The predicted octanol–water partition coefficient (Wildman–Crippen LogP) is 3.35. The summed E-state index contributed by atoms with van der Waals surface area (Å²) in [5, 5.41) is 8.61. The molecule has 1 saturated heterocycles. The molecule has 4 rings (SSSR count). The Bertz CT molecular complexity index is 883. The molecular weight excluding hydrogens is 415 g/mol. The molecule has 1 aliphatic rings. The molecule has 3 aromatic rings. The Kier molecular flexibility index (Phi) is 4.22. The molecule has 0 bridgehead atoms. The summed E-state index contributed by atoms with van der Waals surface area (Å²) in [6, 6.07) is 13.7. The molecule has 0 unspecified atom stereocenters. The third-order valence-corrected chi connectivity index (χ3v) is 5.53. The minimum Gasteiger partial charge on any atom is -0.339 e. The van der Waals surface area contributed by atoms with Gasteiger partial charge in [-0.25, -0.2) is 0 Å². The molecule has 1 fully saturated rings. The van der Waals surface area contributed by atoms with Crippen molar-refractivity contribution in [3.63, 3.8) is 0 Å². The lowest BCUT2D eigenvalue weighted by Crippen LogP contribution is -2.38. The van der Waals surface area contributed by atoms with Gasteiger partial charge in [-0.1, -0.05) is 18.2 Å². The summed E-state index contributed by atoms with van der Waals surface area (Å²) in [5.74, 6) is 1.48. The average Bonchev–Trinajstić information content (AvgIpc) is 3.06. The standard InChI is InChI=1S/C18H17IN4O/c19-15-6-2-1-5-14(15)18(24)22-11-8-13(9-12-22)17-21-20-16-7-3-4-10-23(16)17/h1-7,10,13H,8-9,11-12H2. The topological polar surface area (TPSA) is 50.5 Å². The number of benzene rings is 1. The van der Waals surface area contributed by atoms with Gasteiger partial charge in [-0.3, -0.25) is 9.20 Å². The highest BCUT2D eigenvalue weighted by molar-refractivity contribution is 14.1. The van der Waals surface area contributed by atoms with Crippen molar-refractivity contribution < 1.29 is 4.79 Å². The lowest BCUT2D eigenvalue weighted by Gasteiger charge is -2.31. The zero-order valence-corrected chi connectivity index (χ0v) is 15.3. The number of pyridine rings is 1. The quantitative estimate of drug-likeness (QED) is 0.584. The SMILES string of the molecule is O=C(c1ccccc1I)N1CCC(c2nnc3ccccn23)CC1. The minimum absolute atomic E-state index is 0.129. The van der Waals surface area contributed by atoms with Gasteiger partial charge in [0.2, 0.25) is 0 Å². The zero-order chi connectivity index (χ0) is 16.5. The lowest BCUT2D eigenvalue weighted by molar-refractivity contribution is 0.0710. The molecule has 122 valence electrons. The summed E-state index contributed by atoms with van der Waals surface area (Å²) >= 11 is 2.22. The molecule has 1 aromatic carbocycles. The van der Waals surface area contributed by atoms with Crippen LogP contribution in [0, 0.1) is 3.57 Å². The minimum atomic E-state index is 0.129. The second-order valence-electron chi connectivity index (χ2n) is 6.03. The van der Waals surface area contributed by atoms with Crippen LogP contribution in [-0.4, -0.2) is 38.5 Å². The number of halogens is 1. The summed E-state index contributed by atoms with van der Waals surface area (Å²) in [6.45, 7) is 1.52. The fourth-order valence-corrected chi connectivity index (χ4v) is 3.90. The van der Waals surface area contributed by atoms with E-state index >= 15 is 0 Å². The van der Waals surface area contributed by atoms with Crippen molar-refractivity contribution in [2.45, 2.75) is 18.8 Å². The maximum atomic E-state index is 12.7. The van der Waals surface area contributed by atoms with E-state index in [9.17, 15) is 4.79 Å². The first kappa shape index (κ1) is 15.6. The first-order valence-corrected chi connectivity index (χ1v) is 9.15. The van der Waals surface area contributed by atoms with Crippen molar-refractivity contribution in [2.24, 2.45) is 0 Å². The lowest BCUT2D eigenvalue weighted by atomic mass is 9.95. The Morgan fingerprint density at radius 3 is 2.58 bits per heavy atom. The van der Waals surface area contributed by atoms with E-state index in [0.717, 1.165) is 46.5 Å². The normalized spacial score (nSPS) is 15.8. The summed E-state index contributed by atoms with van der Waals surface area (Å²) < 4.78 is 3.06. The van der Waals surface area contributed by atoms with Gasteiger partial charge in [-0.05, 0) is 59.7 Å². The highest BCUT2D eigenvalue weighted by Gasteiger charge is 2.27. The van der Waals surface area contributed by atoms with Crippen LogP contribution < -0.4 is 0 Å². The summed E-state index contributed by atoms with van der Waals surface area (Å²) in [7, 11) is 0. The van der Waals surface area contributed by atoms with Gasteiger partial charge in [-0.15, -0.1) is 10.2 Å². The van der Waals surface area contributed by atoms with Crippen LogP contribution in [0.4, 0.5) is 0 Å². The molecule has 0 saturated carbocycles. The molecule has 0 N–H and O–H groups in total. The van der Waals surface area contributed by atoms with Gasteiger partial charge >= 0.3 is 0 Å². The van der Waals surface area contributed by atoms with Crippen LogP contribution in [0.25, 0.3) is 5.65 Å². The maximum absolute atomic E-state index is 12.7. The summed E-state index contributed by atoms with van der Waals surface area (Å²) in [4.78, 5) is 14.7. The molecule has 24 heavy (non-hydrogen) atoms. The fraction of sp³-hybridized carbons (Fsp3) is 0.278. The molecule has 2 aromatic heterocycles. The Hall–Kier alpha value is -1.96. The molecule has 5 nitrogen and oxygen atoms in total. The number of carbonyl (C=O) groups is 1. The average molecular weight is 432 g/mol. The molecule has 0 aliphatic carbocycles. The predicted molar refractivity (Wildman–Crippen MR) is 100 cm³/mol. The van der Waals surface area contributed by atoms with Gasteiger partial charge in [0.15, 0.2) is 5.65 Å². The highest BCUT2D eigenvalue weighted by Crippen LogP contribution is 2.28. The molecule has 0 spiro atoms. The first-order chi connectivity index (χ1) is 11.7. The number of likely N-dealkylation sites (tertiary alicyclic amines) is 1. The van der Waals surface area contributed by atoms with E-state index < -0.39 is 0 Å². The summed E-state index contributed by atoms with van der Waals surface area (Å²) in [5.41, 5.74) is 1.68. The Morgan fingerprint density at radius 1 is 1.04 bits per heavy atom. The van der Waals surface area contributed by atoms with Crippen molar-refractivity contribution in [3.8, 4) is 0 Å². The monoisotopic (exact) mass is 432 g/mol. The number of nitrogens with zero attached hydrogens (tertiary/aromatic N) is 4. The summed E-state index contributed by atoms with van der Waals surface area (Å²) in [6.07, 6.45) is 3.85. The third kappa shape index (κ3) is 2.79. The van der Waals surface area contributed by atoms with Crippen LogP contribution in [0.2, 0.25) is 0 Å². The van der Waals surface area contributed by atoms with Crippen molar-refractivity contribution >= 4 is 34.1 Å². The highest BCUT2D eigenvalue weighted by atomic mass is 127. The van der Waals surface area contributed by atoms with E-state index in [4.69, 9.17) is 0 Å². The number of fused-ring (bicyclic) bond motifs is 1.